The van der Waals surface area contributed by atoms with Gasteiger partial charge in [0.05, 0.1) is 0 Å². The lowest BCUT2D eigenvalue weighted by Crippen LogP contribution is -2.37. The third-order valence-electron chi connectivity index (χ3n) is 7.21. The first-order valence-corrected chi connectivity index (χ1v) is 11.6. The fourth-order valence-electron chi connectivity index (χ4n) is 4.78. The Bertz CT molecular complexity index is 387. The number of likely N-dealkylation sites (tertiary alicyclic amines) is 1. The molecule has 2 rings (SSSR count). The van der Waals surface area contributed by atoms with E-state index in [2.05, 4.69) is 45.6 Å². The van der Waals surface area contributed by atoms with Crippen LogP contribution in [0.15, 0.2) is 11.8 Å². The molecule has 1 heterocycles. The summed E-state index contributed by atoms with van der Waals surface area (Å²) in [5, 5.41) is 0. The Morgan fingerprint density at radius 1 is 0.960 bits per heavy atom. The van der Waals surface area contributed by atoms with Gasteiger partial charge in [0.1, 0.15) is 0 Å². The molecular formula is C24H45N. The molecule has 1 saturated carbocycles. The van der Waals surface area contributed by atoms with Crippen LogP contribution < -0.4 is 0 Å². The zero-order valence-corrected chi connectivity index (χ0v) is 17.9. The van der Waals surface area contributed by atoms with Gasteiger partial charge in [0, 0.05) is 18.8 Å². The molecule has 0 aromatic rings. The van der Waals surface area contributed by atoms with Crippen LogP contribution in [0.4, 0.5) is 0 Å². The molecule has 146 valence electrons. The summed E-state index contributed by atoms with van der Waals surface area (Å²) in [5.74, 6) is 4.66. The number of hydrogen-bond acceptors (Lipinski definition) is 1. The van der Waals surface area contributed by atoms with E-state index in [0.29, 0.717) is 0 Å². The molecule has 1 aliphatic heterocycles. The van der Waals surface area contributed by atoms with Crippen LogP contribution in [0.25, 0.3) is 0 Å². The van der Waals surface area contributed by atoms with Crippen molar-refractivity contribution in [1.29, 1.82) is 0 Å². The van der Waals surface area contributed by atoms with Crippen LogP contribution in [0.2, 0.25) is 0 Å². The van der Waals surface area contributed by atoms with Crippen molar-refractivity contribution in [1.82, 2.24) is 4.90 Å². The third kappa shape index (κ3) is 6.33. The van der Waals surface area contributed by atoms with Crippen LogP contribution in [0, 0.1) is 29.6 Å². The highest BCUT2D eigenvalue weighted by Gasteiger charge is 2.34. The summed E-state index contributed by atoms with van der Waals surface area (Å²) < 4.78 is 0. The maximum atomic E-state index is 2.77. The minimum absolute atomic E-state index is 0.902. The summed E-state index contributed by atoms with van der Waals surface area (Å²) in [7, 11) is 0. The van der Waals surface area contributed by atoms with Crippen LogP contribution >= 0.6 is 0 Å². The Morgan fingerprint density at radius 3 is 2.16 bits per heavy atom. The van der Waals surface area contributed by atoms with E-state index >= 15 is 0 Å². The molecule has 0 bridgehead atoms. The maximum Gasteiger partial charge on any atom is 0.0177 e. The molecule has 0 spiro atoms. The Labute approximate surface area is 158 Å². The third-order valence-corrected chi connectivity index (χ3v) is 7.21. The van der Waals surface area contributed by atoms with E-state index in [0.717, 1.165) is 29.6 Å². The Kier molecular flexibility index (Phi) is 8.87. The van der Waals surface area contributed by atoms with Crippen molar-refractivity contribution < 1.29 is 0 Å². The highest BCUT2D eigenvalue weighted by Crippen LogP contribution is 2.42. The molecule has 0 radical (unpaired) electrons. The first-order valence-electron chi connectivity index (χ1n) is 11.6. The molecule has 1 aliphatic carbocycles. The van der Waals surface area contributed by atoms with Gasteiger partial charge in [-0.25, -0.2) is 0 Å². The van der Waals surface area contributed by atoms with Crippen LogP contribution in [-0.2, 0) is 0 Å². The predicted octanol–water partition coefficient (Wildman–Crippen LogP) is 7.28. The Balaban J connectivity index is 1.90. The largest absolute Gasteiger partial charge is 0.375 e. The minimum atomic E-state index is 0.902. The van der Waals surface area contributed by atoms with Gasteiger partial charge in [-0.2, -0.15) is 0 Å². The van der Waals surface area contributed by atoms with Crippen molar-refractivity contribution in [2.24, 2.45) is 29.6 Å². The van der Waals surface area contributed by atoms with Crippen molar-refractivity contribution in [3.8, 4) is 0 Å². The molecule has 1 saturated heterocycles. The molecular weight excluding hydrogens is 302 g/mol. The standard InChI is InChI=1S/C24H45N/c1-6-9-10-24(22-12-13-22)25-17-15-21(16-18-25)23(20(5)8-3)14-11-19(4)7-2/h10,19-23H,6-9,11-18H2,1-5H3. The second-order valence-corrected chi connectivity index (χ2v) is 9.16. The topological polar surface area (TPSA) is 3.24 Å². The lowest BCUT2D eigenvalue weighted by molar-refractivity contribution is 0.124. The molecule has 0 N–H and O–H groups in total. The van der Waals surface area contributed by atoms with Crippen molar-refractivity contribution in [3.05, 3.63) is 11.8 Å². The highest BCUT2D eigenvalue weighted by molar-refractivity contribution is 5.12. The number of nitrogens with zero attached hydrogens (tertiary/aromatic N) is 1. The lowest BCUT2D eigenvalue weighted by Gasteiger charge is -2.41. The number of hydrogen-bond donors (Lipinski definition) is 0. The summed E-state index contributed by atoms with van der Waals surface area (Å²) in [6, 6.07) is 0. The average molecular weight is 348 g/mol. The smallest absolute Gasteiger partial charge is 0.0177 e. The molecule has 2 fully saturated rings. The molecule has 0 aromatic heterocycles. The van der Waals surface area contributed by atoms with E-state index in [9.17, 15) is 0 Å². The molecule has 3 unspecified atom stereocenters. The zero-order valence-electron chi connectivity index (χ0n) is 17.9. The highest BCUT2D eigenvalue weighted by atomic mass is 15.1. The summed E-state index contributed by atoms with van der Waals surface area (Å²) in [6.45, 7) is 14.7. The minimum Gasteiger partial charge on any atom is -0.375 e. The number of piperidine rings is 1. The molecule has 25 heavy (non-hydrogen) atoms. The van der Waals surface area contributed by atoms with Crippen molar-refractivity contribution in [2.45, 2.75) is 98.8 Å². The Hall–Kier alpha value is -0.460. The summed E-state index contributed by atoms with van der Waals surface area (Å²) in [5.41, 5.74) is 1.72. The van der Waals surface area contributed by atoms with Crippen LogP contribution in [-0.4, -0.2) is 18.0 Å². The summed E-state index contributed by atoms with van der Waals surface area (Å²) in [4.78, 5) is 2.77. The molecule has 2 aliphatic rings. The van der Waals surface area contributed by atoms with E-state index in [4.69, 9.17) is 0 Å². The zero-order chi connectivity index (χ0) is 18.2. The van der Waals surface area contributed by atoms with Gasteiger partial charge in [0.15, 0.2) is 0 Å². The fraction of sp³-hybridized carbons (Fsp3) is 0.917. The van der Waals surface area contributed by atoms with Crippen molar-refractivity contribution in [2.75, 3.05) is 13.1 Å². The second-order valence-electron chi connectivity index (χ2n) is 9.16. The molecule has 0 amide bonds. The SMILES string of the molecule is CCCC=C(C1CC1)N1CCC(C(CCC(C)CC)C(C)CC)CC1. The number of unbranched alkanes of at least 4 members (excludes halogenated alkanes) is 1. The summed E-state index contributed by atoms with van der Waals surface area (Å²) in [6.07, 6.45) is 16.5. The second kappa shape index (κ2) is 10.6. The van der Waals surface area contributed by atoms with Gasteiger partial charge in [-0.15, -0.1) is 0 Å². The van der Waals surface area contributed by atoms with E-state index in [1.165, 1.54) is 77.3 Å². The molecule has 1 nitrogen and oxygen atoms in total. The molecule has 3 atom stereocenters. The Morgan fingerprint density at radius 2 is 1.64 bits per heavy atom. The number of allylic oxidation sites excluding steroid dienone is 2. The first kappa shape index (κ1) is 20.8. The lowest BCUT2D eigenvalue weighted by atomic mass is 9.73. The monoisotopic (exact) mass is 347 g/mol. The van der Waals surface area contributed by atoms with Gasteiger partial charge in [0.2, 0.25) is 0 Å². The van der Waals surface area contributed by atoms with Crippen LogP contribution in [0.3, 0.4) is 0 Å². The van der Waals surface area contributed by atoms with Gasteiger partial charge in [0.25, 0.3) is 0 Å². The van der Waals surface area contributed by atoms with Gasteiger partial charge in [-0.1, -0.05) is 66.4 Å². The van der Waals surface area contributed by atoms with E-state index in [-0.39, 0.29) is 0 Å². The van der Waals surface area contributed by atoms with E-state index in [1.807, 2.05) is 0 Å². The van der Waals surface area contributed by atoms with Gasteiger partial charge in [-0.3, -0.25) is 0 Å². The summed E-state index contributed by atoms with van der Waals surface area (Å²) >= 11 is 0. The number of rotatable bonds is 11. The maximum absolute atomic E-state index is 2.77. The normalized spacial score (nSPS) is 23.6. The molecule has 1 heteroatoms. The molecule has 0 aromatic carbocycles. The van der Waals surface area contributed by atoms with Gasteiger partial charge < -0.3 is 4.90 Å². The van der Waals surface area contributed by atoms with Crippen LogP contribution in [0.1, 0.15) is 98.8 Å². The predicted molar refractivity (Wildman–Crippen MR) is 112 cm³/mol. The van der Waals surface area contributed by atoms with Gasteiger partial charge in [-0.05, 0) is 68.1 Å². The fourth-order valence-corrected chi connectivity index (χ4v) is 4.78. The van der Waals surface area contributed by atoms with E-state index in [1.54, 1.807) is 5.70 Å². The van der Waals surface area contributed by atoms with Crippen molar-refractivity contribution in [3.63, 3.8) is 0 Å². The first-order chi connectivity index (χ1) is 12.1. The van der Waals surface area contributed by atoms with Crippen molar-refractivity contribution >= 4 is 0 Å². The quantitative estimate of drug-likeness (QED) is 0.379. The van der Waals surface area contributed by atoms with E-state index < -0.39 is 0 Å². The van der Waals surface area contributed by atoms with Crippen LogP contribution in [0.5, 0.6) is 0 Å². The van der Waals surface area contributed by atoms with Gasteiger partial charge >= 0.3 is 0 Å². The average Bonchev–Trinajstić information content (AvgIpc) is 3.47.